The number of ether oxygens (including phenoxy) is 2. The lowest BCUT2D eigenvalue weighted by Crippen LogP contribution is -2.41. The Morgan fingerprint density at radius 2 is 1.88 bits per heavy atom. The summed E-state index contributed by atoms with van der Waals surface area (Å²) in [5, 5.41) is 1.00. The van der Waals surface area contributed by atoms with E-state index in [1.807, 2.05) is 18.2 Å². The summed E-state index contributed by atoms with van der Waals surface area (Å²) < 4.78 is 41.0. The molecule has 1 saturated carbocycles. The van der Waals surface area contributed by atoms with Gasteiger partial charge in [0.2, 0.25) is 0 Å². The molecule has 1 aliphatic heterocycles. The third-order valence-electron chi connectivity index (χ3n) is 6.61. The highest BCUT2D eigenvalue weighted by molar-refractivity contribution is 7.85. The van der Waals surface area contributed by atoms with E-state index in [4.69, 9.17) is 15.2 Å². The van der Waals surface area contributed by atoms with Gasteiger partial charge in [-0.1, -0.05) is 0 Å². The topological polar surface area (TPSA) is 133 Å². The van der Waals surface area contributed by atoms with Gasteiger partial charge in [0.05, 0.1) is 19.7 Å². The Balaban J connectivity index is 1.45. The fraction of sp³-hybridized carbons (Fsp3) is 0.524. The first kappa shape index (κ1) is 22.4. The van der Waals surface area contributed by atoms with Gasteiger partial charge in [-0.2, -0.15) is 13.1 Å². The number of primary amides is 1. The van der Waals surface area contributed by atoms with Crippen LogP contribution < -0.4 is 24.8 Å². The molecule has 0 bridgehead atoms. The van der Waals surface area contributed by atoms with Gasteiger partial charge in [0.25, 0.3) is 0 Å². The smallest absolute Gasteiger partial charge is 0.421 e. The SMILES string of the molecule is COc1cc2nccc(N3CCC(C4(CNS(=O)(=O)OC(N)=O)CC4)CC3)c2cc1OC. The first-order valence-corrected chi connectivity index (χ1v) is 11.9. The third kappa shape index (κ3) is 4.53. The van der Waals surface area contributed by atoms with E-state index in [9.17, 15) is 13.2 Å². The van der Waals surface area contributed by atoms with Gasteiger partial charge in [-0.3, -0.25) is 4.98 Å². The number of carbonyl (C=O) groups is 1. The van der Waals surface area contributed by atoms with Crippen LogP contribution in [0.4, 0.5) is 10.5 Å². The lowest BCUT2D eigenvalue weighted by atomic mass is 9.81. The molecule has 0 spiro atoms. The Morgan fingerprint density at radius 3 is 2.47 bits per heavy atom. The minimum atomic E-state index is -4.17. The summed E-state index contributed by atoms with van der Waals surface area (Å²) in [6.07, 6.45) is 4.24. The zero-order valence-corrected chi connectivity index (χ0v) is 19.0. The predicted molar refractivity (Wildman–Crippen MR) is 119 cm³/mol. The molecule has 0 unspecified atom stereocenters. The predicted octanol–water partition coefficient (Wildman–Crippen LogP) is 2.18. The van der Waals surface area contributed by atoms with E-state index >= 15 is 0 Å². The monoisotopic (exact) mass is 464 g/mol. The minimum Gasteiger partial charge on any atom is -0.493 e. The van der Waals surface area contributed by atoms with E-state index in [2.05, 4.69) is 18.8 Å². The van der Waals surface area contributed by atoms with Crippen molar-refractivity contribution in [3.63, 3.8) is 0 Å². The molecule has 2 heterocycles. The Morgan fingerprint density at radius 1 is 1.22 bits per heavy atom. The molecule has 2 fully saturated rings. The molecule has 1 aromatic carbocycles. The molecule has 1 amide bonds. The lowest BCUT2D eigenvalue weighted by Gasteiger charge is -2.38. The fourth-order valence-electron chi connectivity index (χ4n) is 4.73. The van der Waals surface area contributed by atoms with Gasteiger partial charge in [-0.05, 0) is 49.1 Å². The number of hydrogen-bond acceptors (Lipinski definition) is 8. The zero-order valence-electron chi connectivity index (χ0n) is 18.2. The van der Waals surface area contributed by atoms with Crippen LogP contribution in [0.15, 0.2) is 24.4 Å². The molecule has 0 atom stereocenters. The molecule has 1 aromatic heterocycles. The van der Waals surface area contributed by atoms with Crippen molar-refractivity contribution < 1.29 is 26.9 Å². The Hall–Kier alpha value is -2.79. The van der Waals surface area contributed by atoms with E-state index in [1.165, 1.54) is 0 Å². The number of nitrogens with one attached hydrogen (secondary N) is 1. The van der Waals surface area contributed by atoms with E-state index in [0.717, 1.165) is 55.4 Å². The van der Waals surface area contributed by atoms with Gasteiger partial charge >= 0.3 is 16.4 Å². The highest BCUT2D eigenvalue weighted by Gasteiger charge is 2.50. The number of piperidine rings is 1. The fourth-order valence-corrected chi connectivity index (χ4v) is 5.47. The van der Waals surface area contributed by atoms with Gasteiger partial charge in [0.15, 0.2) is 11.5 Å². The Kier molecular flexibility index (Phi) is 6.04. The van der Waals surface area contributed by atoms with Crippen LogP contribution in [0.2, 0.25) is 0 Å². The summed E-state index contributed by atoms with van der Waals surface area (Å²) >= 11 is 0. The normalized spacial score (nSPS) is 18.4. The van der Waals surface area contributed by atoms with E-state index in [1.54, 1.807) is 20.4 Å². The second-order valence-electron chi connectivity index (χ2n) is 8.36. The van der Waals surface area contributed by atoms with Crippen molar-refractivity contribution in [3.8, 4) is 11.5 Å². The average molecular weight is 465 g/mol. The molecule has 1 aliphatic carbocycles. The molecule has 11 heteroatoms. The van der Waals surface area contributed by atoms with Gasteiger partial charge < -0.3 is 24.3 Å². The maximum absolute atomic E-state index is 11.8. The average Bonchev–Trinajstić information content (AvgIpc) is 3.57. The van der Waals surface area contributed by atoms with Crippen molar-refractivity contribution in [1.82, 2.24) is 9.71 Å². The minimum absolute atomic E-state index is 0.0862. The Labute approximate surface area is 187 Å². The number of nitrogens with two attached hydrogens (primary N) is 1. The van der Waals surface area contributed by atoms with Crippen molar-refractivity contribution in [3.05, 3.63) is 24.4 Å². The molecule has 174 valence electrons. The van der Waals surface area contributed by atoms with Crippen LogP contribution in [0, 0.1) is 11.3 Å². The van der Waals surface area contributed by atoms with Crippen LogP contribution in [-0.4, -0.2) is 53.3 Å². The summed E-state index contributed by atoms with van der Waals surface area (Å²) in [4.78, 5) is 17.6. The number of aromatic nitrogens is 1. The molecular weight excluding hydrogens is 436 g/mol. The number of benzene rings is 1. The van der Waals surface area contributed by atoms with Gasteiger partial charge in [0, 0.05) is 43.0 Å². The van der Waals surface area contributed by atoms with Gasteiger partial charge in [-0.15, -0.1) is 0 Å². The molecule has 2 aromatic rings. The standard InChI is InChI=1S/C21H28N4O6S/c1-29-18-11-15-16(12-19(18)30-2)23-8-3-17(15)25-9-4-14(5-10-25)21(6-7-21)13-24-32(27,28)31-20(22)26/h3,8,11-12,14,24H,4-7,9-10,13H2,1-2H3,(H2,22,26). The summed E-state index contributed by atoms with van der Waals surface area (Å²) in [6.45, 7) is 1.96. The maximum atomic E-state index is 11.8. The first-order chi connectivity index (χ1) is 15.3. The number of hydrogen-bond donors (Lipinski definition) is 2. The van der Waals surface area contributed by atoms with E-state index in [0.29, 0.717) is 17.4 Å². The van der Waals surface area contributed by atoms with Crippen LogP contribution >= 0.6 is 0 Å². The summed E-state index contributed by atoms with van der Waals surface area (Å²) in [6, 6.07) is 5.85. The van der Waals surface area contributed by atoms with Crippen molar-refractivity contribution in [2.24, 2.45) is 17.1 Å². The highest BCUT2D eigenvalue weighted by Crippen LogP contribution is 2.55. The molecule has 0 radical (unpaired) electrons. The van der Waals surface area contributed by atoms with Crippen molar-refractivity contribution in [2.75, 3.05) is 38.8 Å². The van der Waals surface area contributed by atoms with Crippen LogP contribution in [0.25, 0.3) is 10.9 Å². The second kappa shape index (κ2) is 8.62. The summed E-state index contributed by atoms with van der Waals surface area (Å²) in [5.41, 5.74) is 6.66. The van der Waals surface area contributed by atoms with E-state index in [-0.39, 0.29) is 12.0 Å². The van der Waals surface area contributed by atoms with Gasteiger partial charge in [0.1, 0.15) is 0 Å². The molecular formula is C21H28N4O6S. The largest absolute Gasteiger partial charge is 0.493 e. The molecule has 1 saturated heterocycles. The summed E-state index contributed by atoms with van der Waals surface area (Å²) in [5.74, 6) is 1.69. The number of pyridine rings is 1. The number of amides is 1. The molecule has 10 nitrogen and oxygen atoms in total. The molecule has 32 heavy (non-hydrogen) atoms. The summed E-state index contributed by atoms with van der Waals surface area (Å²) in [7, 11) is -0.950. The number of anilines is 1. The highest BCUT2D eigenvalue weighted by atomic mass is 32.2. The van der Waals surface area contributed by atoms with Crippen molar-refractivity contribution >= 4 is 33.0 Å². The Bertz CT molecular complexity index is 1110. The van der Waals surface area contributed by atoms with Crippen LogP contribution in [0.1, 0.15) is 25.7 Å². The van der Waals surface area contributed by atoms with Crippen LogP contribution in [-0.2, 0) is 14.5 Å². The zero-order chi connectivity index (χ0) is 22.9. The second-order valence-corrected chi connectivity index (χ2v) is 9.72. The number of carbonyl (C=O) groups excluding carboxylic acids is 1. The maximum Gasteiger partial charge on any atom is 0.421 e. The van der Waals surface area contributed by atoms with Crippen molar-refractivity contribution in [2.45, 2.75) is 25.7 Å². The lowest BCUT2D eigenvalue weighted by molar-refractivity contribution is 0.210. The van der Waals surface area contributed by atoms with Crippen molar-refractivity contribution in [1.29, 1.82) is 0 Å². The molecule has 2 aliphatic rings. The first-order valence-electron chi connectivity index (χ1n) is 10.5. The van der Waals surface area contributed by atoms with E-state index < -0.39 is 16.4 Å². The third-order valence-corrected chi connectivity index (χ3v) is 7.49. The quantitative estimate of drug-likeness (QED) is 0.607. The van der Waals surface area contributed by atoms with Crippen LogP contribution in [0.3, 0.4) is 0 Å². The number of rotatable bonds is 8. The molecule has 4 rings (SSSR count). The number of methoxy groups -OCH3 is 2. The van der Waals surface area contributed by atoms with Crippen LogP contribution in [0.5, 0.6) is 11.5 Å². The van der Waals surface area contributed by atoms with Gasteiger partial charge in [-0.25, -0.2) is 4.79 Å². The molecule has 3 N–H and O–H groups in total. The number of nitrogens with zero attached hydrogens (tertiary/aromatic N) is 2. The number of fused-ring (bicyclic) bond motifs is 1.